The summed E-state index contributed by atoms with van der Waals surface area (Å²) in [5.74, 6) is 1.58. The SMILES string of the molecule is Cc1nn(Cc2ccc(C3CC3)cc2)c(N)c1I. The molecule has 1 fully saturated rings. The monoisotopic (exact) mass is 353 g/mol. The highest BCUT2D eigenvalue weighted by Crippen LogP contribution is 2.39. The van der Waals surface area contributed by atoms with Gasteiger partial charge in [-0.2, -0.15) is 5.10 Å². The third-order valence-electron chi connectivity index (χ3n) is 3.45. The van der Waals surface area contributed by atoms with Crippen LogP contribution in [-0.2, 0) is 6.54 Å². The summed E-state index contributed by atoms with van der Waals surface area (Å²) < 4.78 is 2.94. The molecule has 0 amide bonds. The van der Waals surface area contributed by atoms with Crippen LogP contribution in [0, 0.1) is 10.5 Å². The summed E-state index contributed by atoms with van der Waals surface area (Å²) in [6.45, 7) is 2.74. The van der Waals surface area contributed by atoms with Gasteiger partial charge in [-0.3, -0.25) is 0 Å². The van der Waals surface area contributed by atoms with E-state index in [0.717, 1.165) is 27.5 Å². The summed E-state index contributed by atoms with van der Waals surface area (Å²) in [6.07, 6.45) is 2.70. The fourth-order valence-electron chi connectivity index (χ4n) is 2.18. The van der Waals surface area contributed by atoms with Crippen LogP contribution >= 0.6 is 22.6 Å². The number of rotatable bonds is 3. The van der Waals surface area contributed by atoms with Crippen LogP contribution in [0.2, 0.25) is 0 Å². The minimum absolute atomic E-state index is 0.751. The Morgan fingerprint density at radius 3 is 2.50 bits per heavy atom. The van der Waals surface area contributed by atoms with Gasteiger partial charge in [0.1, 0.15) is 5.82 Å². The van der Waals surface area contributed by atoms with E-state index in [1.807, 2.05) is 11.6 Å². The largest absolute Gasteiger partial charge is 0.383 e. The molecule has 1 aliphatic carbocycles. The molecule has 2 N–H and O–H groups in total. The topological polar surface area (TPSA) is 43.8 Å². The summed E-state index contributed by atoms with van der Waals surface area (Å²) in [5.41, 5.74) is 9.76. The summed E-state index contributed by atoms with van der Waals surface area (Å²) in [4.78, 5) is 0. The Kier molecular flexibility index (Phi) is 3.05. The molecule has 0 spiro atoms. The number of nitrogens with two attached hydrogens (primary N) is 1. The van der Waals surface area contributed by atoms with Gasteiger partial charge in [0.25, 0.3) is 0 Å². The molecule has 2 aromatic rings. The lowest BCUT2D eigenvalue weighted by molar-refractivity contribution is 0.689. The van der Waals surface area contributed by atoms with E-state index in [0.29, 0.717) is 0 Å². The van der Waals surface area contributed by atoms with Crippen LogP contribution < -0.4 is 5.73 Å². The van der Waals surface area contributed by atoms with Crippen molar-refractivity contribution in [2.24, 2.45) is 0 Å². The number of nitrogen functional groups attached to an aromatic ring is 1. The zero-order valence-electron chi connectivity index (χ0n) is 10.4. The molecule has 18 heavy (non-hydrogen) atoms. The van der Waals surface area contributed by atoms with Gasteiger partial charge in [0.2, 0.25) is 0 Å². The zero-order chi connectivity index (χ0) is 12.7. The minimum Gasteiger partial charge on any atom is -0.383 e. The molecule has 94 valence electrons. The van der Waals surface area contributed by atoms with Crippen molar-refractivity contribution in [3.63, 3.8) is 0 Å². The van der Waals surface area contributed by atoms with Crippen molar-refractivity contribution >= 4 is 28.4 Å². The Morgan fingerprint density at radius 2 is 2.00 bits per heavy atom. The van der Waals surface area contributed by atoms with Gasteiger partial charge in [-0.1, -0.05) is 24.3 Å². The highest BCUT2D eigenvalue weighted by Gasteiger charge is 2.22. The molecule has 1 aliphatic rings. The lowest BCUT2D eigenvalue weighted by Crippen LogP contribution is -2.06. The fourth-order valence-corrected chi connectivity index (χ4v) is 2.57. The molecule has 4 heteroatoms. The second kappa shape index (κ2) is 4.57. The van der Waals surface area contributed by atoms with Crippen LogP contribution in [0.4, 0.5) is 5.82 Å². The van der Waals surface area contributed by atoms with E-state index in [2.05, 4.69) is 52.0 Å². The second-order valence-corrected chi connectivity index (χ2v) is 6.04. The minimum atomic E-state index is 0.751. The van der Waals surface area contributed by atoms with E-state index in [-0.39, 0.29) is 0 Å². The van der Waals surface area contributed by atoms with Crippen molar-refractivity contribution in [3.8, 4) is 0 Å². The maximum atomic E-state index is 6.03. The van der Waals surface area contributed by atoms with E-state index < -0.39 is 0 Å². The van der Waals surface area contributed by atoms with Crippen LogP contribution in [0.5, 0.6) is 0 Å². The summed E-state index contributed by atoms with van der Waals surface area (Å²) in [7, 11) is 0. The van der Waals surface area contributed by atoms with Gasteiger partial charge in [0, 0.05) is 0 Å². The first kappa shape index (κ1) is 12.0. The zero-order valence-corrected chi connectivity index (χ0v) is 12.5. The number of nitrogens with zero attached hydrogens (tertiary/aromatic N) is 2. The van der Waals surface area contributed by atoms with Crippen molar-refractivity contribution in [2.45, 2.75) is 32.2 Å². The molecular formula is C14H16IN3. The molecule has 1 heterocycles. The quantitative estimate of drug-likeness (QED) is 0.861. The maximum Gasteiger partial charge on any atom is 0.135 e. The molecule has 0 bridgehead atoms. The fraction of sp³-hybridized carbons (Fsp3) is 0.357. The van der Waals surface area contributed by atoms with Gasteiger partial charge < -0.3 is 5.73 Å². The van der Waals surface area contributed by atoms with Crippen LogP contribution in [-0.4, -0.2) is 9.78 Å². The smallest absolute Gasteiger partial charge is 0.135 e. The molecule has 1 aromatic heterocycles. The predicted octanol–water partition coefficient (Wildman–Crippen LogP) is 3.30. The Labute approximate surface area is 121 Å². The van der Waals surface area contributed by atoms with Crippen molar-refractivity contribution in [1.82, 2.24) is 9.78 Å². The third kappa shape index (κ3) is 2.25. The number of hydrogen-bond acceptors (Lipinski definition) is 2. The molecule has 0 radical (unpaired) electrons. The first-order valence-electron chi connectivity index (χ1n) is 6.22. The van der Waals surface area contributed by atoms with Crippen LogP contribution in [0.15, 0.2) is 24.3 Å². The molecular weight excluding hydrogens is 337 g/mol. The van der Waals surface area contributed by atoms with Crippen molar-refractivity contribution < 1.29 is 0 Å². The Bertz CT molecular complexity index is 567. The maximum absolute atomic E-state index is 6.03. The molecule has 3 nitrogen and oxygen atoms in total. The third-order valence-corrected chi connectivity index (χ3v) is 4.79. The number of hydrogen-bond donors (Lipinski definition) is 1. The van der Waals surface area contributed by atoms with Gasteiger partial charge in [-0.15, -0.1) is 0 Å². The highest BCUT2D eigenvalue weighted by molar-refractivity contribution is 14.1. The number of anilines is 1. The van der Waals surface area contributed by atoms with E-state index >= 15 is 0 Å². The lowest BCUT2D eigenvalue weighted by Gasteiger charge is -2.05. The average molecular weight is 353 g/mol. The molecule has 0 unspecified atom stereocenters. The van der Waals surface area contributed by atoms with E-state index in [4.69, 9.17) is 5.73 Å². The van der Waals surface area contributed by atoms with Gasteiger partial charge in [0.15, 0.2) is 0 Å². The molecule has 3 rings (SSSR count). The highest BCUT2D eigenvalue weighted by atomic mass is 127. The van der Waals surface area contributed by atoms with Crippen molar-refractivity contribution in [3.05, 3.63) is 44.7 Å². The van der Waals surface area contributed by atoms with Gasteiger partial charge in [0.05, 0.1) is 15.8 Å². The van der Waals surface area contributed by atoms with E-state index in [1.54, 1.807) is 0 Å². The van der Waals surface area contributed by atoms with Crippen LogP contribution in [0.1, 0.15) is 35.6 Å². The van der Waals surface area contributed by atoms with Crippen LogP contribution in [0.3, 0.4) is 0 Å². The Hall–Kier alpha value is -1.04. The normalized spacial score (nSPS) is 15.0. The number of aromatic nitrogens is 2. The molecule has 1 saturated carbocycles. The van der Waals surface area contributed by atoms with Crippen LogP contribution in [0.25, 0.3) is 0 Å². The van der Waals surface area contributed by atoms with E-state index in [9.17, 15) is 0 Å². The van der Waals surface area contributed by atoms with E-state index in [1.165, 1.54) is 24.0 Å². The Balaban J connectivity index is 1.80. The molecule has 0 aliphatic heterocycles. The number of aryl methyl sites for hydroxylation is 1. The molecule has 1 aromatic carbocycles. The second-order valence-electron chi connectivity index (χ2n) is 4.96. The van der Waals surface area contributed by atoms with Gasteiger partial charge in [-0.05, 0) is 59.4 Å². The Morgan fingerprint density at radius 1 is 1.33 bits per heavy atom. The first-order valence-corrected chi connectivity index (χ1v) is 7.30. The summed E-state index contributed by atoms with van der Waals surface area (Å²) >= 11 is 2.25. The van der Waals surface area contributed by atoms with Crippen molar-refractivity contribution in [2.75, 3.05) is 5.73 Å². The lowest BCUT2D eigenvalue weighted by atomic mass is 10.1. The molecule has 0 atom stereocenters. The van der Waals surface area contributed by atoms with Gasteiger partial charge in [-0.25, -0.2) is 4.68 Å². The predicted molar refractivity (Wildman–Crippen MR) is 81.6 cm³/mol. The standard InChI is InChI=1S/C14H16IN3/c1-9-13(15)14(16)18(17-9)8-10-2-4-11(5-3-10)12-6-7-12/h2-5,12H,6-8,16H2,1H3. The first-order chi connectivity index (χ1) is 8.65. The summed E-state index contributed by atoms with van der Waals surface area (Å²) in [5, 5.41) is 4.46. The van der Waals surface area contributed by atoms with Gasteiger partial charge >= 0.3 is 0 Å². The van der Waals surface area contributed by atoms with Crippen molar-refractivity contribution in [1.29, 1.82) is 0 Å². The molecule has 0 saturated heterocycles. The summed E-state index contributed by atoms with van der Waals surface area (Å²) in [6, 6.07) is 8.86. The number of benzene rings is 1. The number of halogens is 1. The average Bonchev–Trinajstić information content (AvgIpc) is 3.18.